The smallest absolute Gasteiger partial charge is 0.0737 e. The van der Waals surface area contributed by atoms with Crippen LogP contribution in [0, 0.1) is 5.92 Å². The summed E-state index contributed by atoms with van der Waals surface area (Å²) in [6.07, 6.45) is 4.96. The average Bonchev–Trinajstić information content (AvgIpc) is 2.36. The molecule has 1 aromatic rings. The molecule has 1 unspecified atom stereocenters. The third-order valence-electron chi connectivity index (χ3n) is 3.26. The van der Waals surface area contributed by atoms with E-state index in [0.717, 1.165) is 12.2 Å². The first-order valence-corrected chi connectivity index (χ1v) is 7.16. The van der Waals surface area contributed by atoms with Gasteiger partial charge in [-0.2, -0.15) is 0 Å². The van der Waals surface area contributed by atoms with Gasteiger partial charge < -0.3 is 10.5 Å². The molecule has 0 saturated carbocycles. The zero-order valence-corrected chi connectivity index (χ0v) is 12.2. The number of anilines is 1. The van der Waals surface area contributed by atoms with E-state index in [9.17, 15) is 0 Å². The van der Waals surface area contributed by atoms with Gasteiger partial charge in [0.05, 0.1) is 6.61 Å². The maximum absolute atomic E-state index is 5.89. The highest BCUT2D eigenvalue weighted by atomic mass is 35.5. The van der Waals surface area contributed by atoms with Gasteiger partial charge in [0.15, 0.2) is 0 Å². The predicted octanol–water partition coefficient (Wildman–Crippen LogP) is 4.66. The van der Waals surface area contributed by atoms with E-state index in [1.807, 2.05) is 12.1 Å². The zero-order valence-electron chi connectivity index (χ0n) is 11.4. The molecule has 0 fully saturated rings. The number of hydrogen-bond donors (Lipinski definition) is 1. The summed E-state index contributed by atoms with van der Waals surface area (Å²) in [6.45, 7) is 5.84. The number of nitrogen functional groups attached to an aromatic ring is 1. The van der Waals surface area contributed by atoms with Crippen molar-refractivity contribution in [2.75, 3.05) is 12.3 Å². The number of halogens is 1. The third kappa shape index (κ3) is 5.28. The van der Waals surface area contributed by atoms with Gasteiger partial charge in [0.25, 0.3) is 0 Å². The Balaban J connectivity index is 2.35. The third-order valence-corrected chi connectivity index (χ3v) is 3.50. The molecule has 0 spiro atoms. The van der Waals surface area contributed by atoms with Crippen LogP contribution in [0.25, 0.3) is 0 Å². The Morgan fingerprint density at radius 3 is 2.72 bits per heavy atom. The summed E-state index contributed by atoms with van der Waals surface area (Å²) in [5.41, 5.74) is 7.62. The van der Waals surface area contributed by atoms with E-state index in [2.05, 4.69) is 13.8 Å². The Morgan fingerprint density at radius 2 is 2.11 bits per heavy atom. The number of unbranched alkanes of at least 4 members (excludes halogenated alkanes) is 1. The molecule has 3 heteroatoms. The number of rotatable bonds is 8. The van der Waals surface area contributed by atoms with Gasteiger partial charge in [0.1, 0.15) is 0 Å². The monoisotopic (exact) mass is 269 g/mol. The first-order valence-electron chi connectivity index (χ1n) is 6.79. The molecule has 0 aliphatic rings. The van der Waals surface area contributed by atoms with Crippen LogP contribution in [0.1, 0.15) is 45.1 Å². The van der Waals surface area contributed by atoms with Crippen LogP contribution in [0.3, 0.4) is 0 Å². The highest BCUT2D eigenvalue weighted by Crippen LogP contribution is 2.20. The molecule has 1 aromatic carbocycles. The van der Waals surface area contributed by atoms with Gasteiger partial charge in [-0.15, -0.1) is 0 Å². The van der Waals surface area contributed by atoms with Gasteiger partial charge in [-0.25, -0.2) is 0 Å². The lowest BCUT2D eigenvalue weighted by molar-refractivity contribution is 0.0823. The number of nitrogens with two attached hydrogens (primary N) is 1. The molecular formula is C15H24ClNO. The number of hydrogen-bond acceptors (Lipinski definition) is 2. The maximum Gasteiger partial charge on any atom is 0.0737 e. The van der Waals surface area contributed by atoms with Crippen molar-refractivity contribution >= 4 is 17.3 Å². The molecule has 0 aliphatic heterocycles. The first kappa shape index (κ1) is 15.3. The Morgan fingerprint density at radius 1 is 1.33 bits per heavy atom. The average molecular weight is 270 g/mol. The minimum absolute atomic E-state index is 0.575. The van der Waals surface area contributed by atoms with Crippen LogP contribution in [-0.2, 0) is 11.3 Å². The predicted molar refractivity (Wildman–Crippen MR) is 78.8 cm³/mol. The molecule has 102 valence electrons. The van der Waals surface area contributed by atoms with Crippen molar-refractivity contribution in [1.82, 2.24) is 0 Å². The van der Waals surface area contributed by atoms with Crippen molar-refractivity contribution in [3.05, 3.63) is 28.8 Å². The SMILES string of the molecule is CCCCC(CC)COCc1ccc(Cl)cc1N. The fourth-order valence-corrected chi connectivity index (χ4v) is 2.11. The molecule has 0 aliphatic carbocycles. The second-order valence-corrected chi connectivity index (χ2v) is 5.21. The van der Waals surface area contributed by atoms with E-state index in [4.69, 9.17) is 22.1 Å². The normalized spacial score (nSPS) is 12.6. The van der Waals surface area contributed by atoms with Crippen LogP contribution in [-0.4, -0.2) is 6.61 Å². The van der Waals surface area contributed by atoms with Crippen LogP contribution < -0.4 is 5.73 Å². The maximum atomic E-state index is 5.89. The van der Waals surface area contributed by atoms with Crippen LogP contribution >= 0.6 is 11.6 Å². The summed E-state index contributed by atoms with van der Waals surface area (Å²) >= 11 is 5.86. The first-order chi connectivity index (χ1) is 8.67. The molecule has 0 aromatic heterocycles. The summed E-state index contributed by atoms with van der Waals surface area (Å²) in [5.74, 6) is 0.665. The molecule has 2 nitrogen and oxygen atoms in total. The quantitative estimate of drug-likeness (QED) is 0.697. The van der Waals surface area contributed by atoms with E-state index in [0.29, 0.717) is 23.2 Å². The van der Waals surface area contributed by atoms with Crippen LogP contribution in [0.2, 0.25) is 5.02 Å². The van der Waals surface area contributed by atoms with Crippen molar-refractivity contribution in [3.8, 4) is 0 Å². The van der Waals surface area contributed by atoms with E-state index in [1.54, 1.807) is 6.07 Å². The molecule has 0 heterocycles. The van der Waals surface area contributed by atoms with Gasteiger partial charge in [-0.1, -0.05) is 50.8 Å². The van der Waals surface area contributed by atoms with E-state index >= 15 is 0 Å². The van der Waals surface area contributed by atoms with Crippen molar-refractivity contribution in [2.24, 2.45) is 5.92 Å². The highest BCUT2D eigenvalue weighted by Gasteiger charge is 2.07. The second kappa shape index (κ2) is 8.39. The fraction of sp³-hybridized carbons (Fsp3) is 0.600. The highest BCUT2D eigenvalue weighted by molar-refractivity contribution is 6.30. The molecule has 0 radical (unpaired) electrons. The summed E-state index contributed by atoms with van der Waals surface area (Å²) in [5, 5.41) is 0.672. The lowest BCUT2D eigenvalue weighted by Gasteiger charge is -2.15. The van der Waals surface area contributed by atoms with Gasteiger partial charge >= 0.3 is 0 Å². The minimum atomic E-state index is 0.575. The standard InChI is InChI=1S/C15H24ClNO/c1-3-5-6-12(4-2)10-18-11-13-7-8-14(16)9-15(13)17/h7-9,12H,3-6,10-11,17H2,1-2H3. The van der Waals surface area contributed by atoms with Crippen LogP contribution in [0.5, 0.6) is 0 Å². The lowest BCUT2D eigenvalue weighted by atomic mass is 10.0. The van der Waals surface area contributed by atoms with Gasteiger partial charge in [-0.05, 0) is 24.5 Å². The van der Waals surface area contributed by atoms with E-state index in [1.165, 1.54) is 25.7 Å². The van der Waals surface area contributed by atoms with Crippen LogP contribution in [0.4, 0.5) is 5.69 Å². The van der Waals surface area contributed by atoms with Crippen LogP contribution in [0.15, 0.2) is 18.2 Å². The van der Waals surface area contributed by atoms with E-state index < -0.39 is 0 Å². The van der Waals surface area contributed by atoms with Crippen molar-refractivity contribution in [1.29, 1.82) is 0 Å². The number of benzene rings is 1. The Bertz CT molecular complexity index is 354. The van der Waals surface area contributed by atoms with Gasteiger partial charge in [-0.3, -0.25) is 0 Å². The fourth-order valence-electron chi connectivity index (χ4n) is 1.93. The largest absolute Gasteiger partial charge is 0.398 e. The van der Waals surface area contributed by atoms with Crippen molar-refractivity contribution < 1.29 is 4.74 Å². The minimum Gasteiger partial charge on any atom is -0.398 e. The summed E-state index contributed by atoms with van der Waals surface area (Å²) in [7, 11) is 0. The molecule has 18 heavy (non-hydrogen) atoms. The molecule has 0 amide bonds. The Kier molecular flexibility index (Phi) is 7.14. The molecule has 0 saturated heterocycles. The zero-order chi connectivity index (χ0) is 13.4. The van der Waals surface area contributed by atoms with E-state index in [-0.39, 0.29) is 0 Å². The molecular weight excluding hydrogens is 246 g/mol. The molecule has 1 atom stereocenters. The molecule has 0 bridgehead atoms. The van der Waals surface area contributed by atoms with Gasteiger partial charge in [0.2, 0.25) is 0 Å². The lowest BCUT2D eigenvalue weighted by Crippen LogP contribution is -2.09. The number of ether oxygens (including phenoxy) is 1. The summed E-state index contributed by atoms with van der Waals surface area (Å²) < 4.78 is 5.77. The topological polar surface area (TPSA) is 35.2 Å². The Labute approximate surface area is 115 Å². The summed E-state index contributed by atoms with van der Waals surface area (Å²) in [4.78, 5) is 0. The van der Waals surface area contributed by atoms with Crippen molar-refractivity contribution in [2.45, 2.75) is 46.1 Å². The second-order valence-electron chi connectivity index (χ2n) is 4.77. The van der Waals surface area contributed by atoms with Crippen molar-refractivity contribution in [3.63, 3.8) is 0 Å². The van der Waals surface area contributed by atoms with Gasteiger partial charge in [0, 0.05) is 22.9 Å². The molecule has 2 N–H and O–H groups in total. The molecule has 1 rings (SSSR count). The Hall–Kier alpha value is -0.730. The summed E-state index contributed by atoms with van der Waals surface area (Å²) in [6, 6.07) is 5.56.